The average molecular weight is 247 g/mol. The van der Waals surface area contributed by atoms with Gasteiger partial charge in [-0.15, -0.1) is 0 Å². The molecule has 0 aromatic heterocycles. The molecule has 1 aliphatic rings. The minimum absolute atomic E-state index is 0.0584. The highest BCUT2D eigenvalue weighted by Gasteiger charge is 2.32. The van der Waals surface area contributed by atoms with Gasteiger partial charge in [0.05, 0.1) is 17.7 Å². The molecule has 98 valence electrons. The van der Waals surface area contributed by atoms with Crippen LogP contribution in [0.4, 0.5) is 5.69 Å². The maximum absolute atomic E-state index is 11.9. The molecule has 2 N–H and O–H groups in total. The second-order valence-corrected chi connectivity index (χ2v) is 5.07. The number of rotatable bonds is 4. The Morgan fingerprint density at radius 3 is 2.72 bits per heavy atom. The molecule has 2 rings (SSSR count). The lowest BCUT2D eigenvalue weighted by atomic mass is 9.92. The molecule has 0 fully saturated rings. The van der Waals surface area contributed by atoms with Crippen LogP contribution in [0.3, 0.4) is 0 Å². The van der Waals surface area contributed by atoms with E-state index in [0.717, 1.165) is 41.6 Å². The molecule has 0 radical (unpaired) electrons. The fraction of sp³-hybridized carbons (Fsp3) is 0.533. The van der Waals surface area contributed by atoms with Crippen LogP contribution in [0.1, 0.15) is 61.8 Å². The summed E-state index contributed by atoms with van der Waals surface area (Å²) in [7, 11) is 0. The smallest absolute Gasteiger partial charge is 0.232 e. The maximum atomic E-state index is 11.9. The van der Waals surface area contributed by atoms with Crippen LogP contribution in [-0.4, -0.2) is 11.0 Å². The van der Waals surface area contributed by atoms with E-state index in [9.17, 15) is 9.90 Å². The van der Waals surface area contributed by atoms with Gasteiger partial charge < -0.3 is 10.4 Å². The van der Waals surface area contributed by atoms with Gasteiger partial charge in [0.15, 0.2) is 0 Å². The number of hydrogen-bond donors (Lipinski definition) is 2. The third-order valence-electron chi connectivity index (χ3n) is 3.61. The number of carbonyl (C=O) groups is 1. The molecule has 18 heavy (non-hydrogen) atoms. The minimum Gasteiger partial charge on any atom is -0.388 e. The first-order valence-electron chi connectivity index (χ1n) is 6.71. The molecule has 1 heterocycles. The molecule has 3 nitrogen and oxygen atoms in total. The molecule has 0 aliphatic carbocycles. The van der Waals surface area contributed by atoms with Gasteiger partial charge in [-0.3, -0.25) is 4.79 Å². The zero-order chi connectivity index (χ0) is 13.3. The van der Waals surface area contributed by atoms with Gasteiger partial charge in [-0.25, -0.2) is 0 Å². The highest BCUT2D eigenvalue weighted by molar-refractivity contribution is 6.03. The summed E-state index contributed by atoms with van der Waals surface area (Å²) in [6, 6.07) is 4.04. The van der Waals surface area contributed by atoms with Gasteiger partial charge in [0.25, 0.3) is 0 Å². The van der Waals surface area contributed by atoms with Gasteiger partial charge in [-0.1, -0.05) is 38.0 Å². The third-order valence-corrected chi connectivity index (χ3v) is 3.61. The zero-order valence-corrected chi connectivity index (χ0v) is 11.3. The number of aryl methyl sites for hydroxylation is 1. The van der Waals surface area contributed by atoms with Crippen molar-refractivity contribution < 1.29 is 9.90 Å². The van der Waals surface area contributed by atoms with Crippen LogP contribution in [0.5, 0.6) is 0 Å². The number of amides is 1. The van der Waals surface area contributed by atoms with Crippen LogP contribution in [0.25, 0.3) is 0 Å². The van der Waals surface area contributed by atoms with Crippen molar-refractivity contribution in [2.75, 3.05) is 5.32 Å². The lowest BCUT2D eigenvalue weighted by molar-refractivity contribution is -0.117. The molecule has 2 unspecified atom stereocenters. The molecule has 0 saturated carbocycles. The van der Waals surface area contributed by atoms with Gasteiger partial charge in [0.2, 0.25) is 5.91 Å². The maximum Gasteiger partial charge on any atom is 0.232 e. The van der Waals surface area contributed by atoms with E-state index in [1.165, 1.54) is 0 Å². The van der Waals surface area contributed by atoms with Crippen molar-refractivity contribution in [2.45, 2.75) is 52.1 Å². The average Bonchev–Trinajstić information content (AvgIpc) is 2.63. The van der Waals surface area contributed by atoms with E-state index in [1.54, 1.807) is 0 Å². The molecule has 2 atom stereocenters. The molecule has 1 aromatic rings. The Balaban J connectivity index is 2.48. The van der Waals surface area contributed by atoms with Crippen LogP contribution in [0, 0.1) is 6.92 Å². The number of aliphatic hydroxyl groups excluding tert-OH is 1. The second kappa shape index (κ2) is 5.11. The lowest BCUT2D eigenvalue weighted by Crippen LogP contribution is -2.11. The summed E-state index contributed by atoms with van der Waals surface area (Å²) in [6.07, 6.45) is 1.96. The molecule has 0 spiro atoms. The van der Waals surface area contributed by atoms with Crippen molar-refractivity contribution in [3.63, 3.8) is 0 Å². The summed E-state index contributed by atoms with van der Waals surface area (Å²) in [5.41, 5.74) is 3.87. The largest absolute Gasteiger partial charge is 0.388 e. The number of anilines is 1. The highest BCUT2D eigenvalue weighted by Crippen LogP contribution is 2.40. The fourth-order valence-corrected chi connectivity index (χ4v) is 2.71. The topological polar surface area (TPSA) is 49.3 Å². The predicted octanol–water partition coefficient (Wildman–Crippen LogP) is 3.27. The van der Waals surface area contributed by atoms with Crippen molar-refractivity contribution in [1.29, 1.82) is 0 Å². The SMILES string of the molecule is CCCC(O)c1cc(C)cc2c1NC(=O)C2CC. The molecular weight excluding hydrogens is 226 g/mol. The minimum atomic E-state index is -0.487. The Bertz CT molecular complexity index is 468. The fourth-order valence-electron chi connectivity index (χ4n) is 2.71. The summed E-state index contributed by atoms with van der Waals surface area (Å²) in [4.78, 5) is 11.9. The Hall–Kier alpha value is -1.35. The predicted molar refractivity (Wildman–Crippen MR) is 72.7 cm³/mol. The van der Waals surface area contributed by atoms with Crippen LogP contribution in [-0.2, 0) is 4.79 Å². The Morgan fingerprint density at radius 2 is 2.11 bits per heavy atom. The number of nitrogens with one attached hydrogen (secondary N) is 1. The third kappa shape index (κ3) is 2.15. The summed E-state index contributed by atoms with van der Waals surface area (Å²) in [5.74, 6) is -0.00414. The van der Waals surface area contributed by atoms with Gasteiger partial charge in [-0.05, 0) is 25.3 Å². The Kier molecular flexibility index (Phi) is 3.71. The number of fused-ring (bicyclic) bond motifs is 1. The van der Waals surface area contributed by atoms with Crippen molar-refractivity contribution in [3.8, 4) is 0 Å². The van der Waals surface area contributed by atoms with E-state index >= 15 is 0 Å². The number of carbonyl (C=O) groups excluding carboxylic acids is 1. The molecular formula is C15H21NO2. The highest BCUT2D eigenvalue weighted by atomic mass is 16.3. The van der Waals surface area contributed by atoms with Gasteiger partial charge in [0, 0.05) is 5.56 Å². The normalized spacial score (nSPS) is 19.6. The van der Waals surface area contributed by atoms with Gasteiger partial charge in [0.1, 0.15) is 0 Å². The summed E-state index contributed by atoms with van der Waals surface area (Å²) in [5, 5.41) is 13.1. The van der Waals surface area contributed by atoms with Crippen molar-refractivity contribution in [3.05, 3.63) is 28.8 Å². The van der Waals surface area contributed by atoms with E-state index in [0.29, 0.717) is 0 Å². The molecule has 0 bridgehead atoms. The van der Waals surface area contributed by atoms with Gasteiger partial charge >= 0.3 is 0 Å². The molecule has 1 amide bonds. The number of benzene rings is 1. The van der Waals surface area contributed by atoms with Crippen LogP contribution >= 0.6 is 0 Å². The van der Waals surface area contributed by atoms with E-state index in [4.69, 9.17) is 0 Å². The van der Waals surface area contributed by atoms with Crippen LogP contribution < -0.4 is 5.32 Å². The van der Waals surface area contributed by atoms with E-state index in [1.807, 2.05) is 26.8 Å². The van der Waals surface area contributed by atoms with Crippen LogP contribution in [0.15, 0.2) is 12.1 Å². The molecule has 0 saturated heterocycles. The van der Waals surface area contributed by atoms with Crippen molar-refractivity contribution in [1.82, 2.24) is 0 Å². The molecule has 3 heteroatoms. The van der Waals surface area contributed by atoms with Crippen molar-refractivity contribution in [2.24, 2.45) is 0 Å². The first-order valence-corrected chi connectivity index (χ1v) is 6.71. The monoisotopic (exact) mass is 247 g/mol. The van der Waals surface area contributed by atoms with E-state index in [2.05, 4.69) is 11.4 Å². The molecule has 1 aliphatic heterocycles. The second-order valence-electron chi connectivity index (χ2n) is 5.07. The van der Waals surface area contributed by atoms with Crippen LogP contribution in [0.2, 0.25) is 0 Å². The Labute approximate surface area is 108 Å². The van der Waals surface area contributed by atoms with E-state index in [-0.39, 0.29) is 11.8 Å². The summed E-state index contributed by atoms with van der Waals surface area (Å²) in [6.45, 7) is 6.08. The zero-order valence-electron chi connectivity index (χ0n) is 11.3. The number of hydrogen-bond acceptors (Lipinski definition) is 2. The first-order chi connectivity index (χ1) is 8.58. The quantitative estimate of drug-likeness (QED) is 0.857. The standard InChI is InChI=1S/C15H21NO2/c1-4-6-13(17)12-8-9(3)7-11-10(5-2)15(18)16-14(11)12/h7-8,10,13,17H,4-6H2,1-3H3,(H,16,18). The summed E-state index contributed by atoms with van der Waals surface area (Å²) < 4.78 is 0. The number of aliphatic hydroxyl groups is 1. The first kappa shape index (κ1) is 13.1. The Morgan fingerprint density at radius 1 is 1.39 bits per heavy atom. The lowest BCUT2D eigenvalue weighted by Gasteiger charge is -2.16. The molecule has 1 aromatic carbocycles. The summed E-state index contributed by atoms with van der Waals surface area (Å²) >= 11 is 0. The van der Waals surface area contributed by atoms with Gasteiger partial charge in [-0.2, -0.15) is 0 Å². The van der Waals surface area contributed by atoms with Crippen molar-refractivity contribution >= 4 is 11.6 Å². The van der Waals surface area contributed by atoms with E-state index < -0.39 is 6.10 Å².